The average Bonchev–Trinajstić information content (AvgIpc) is 2.76. The van der Waals surface area contributed by atoms with E-state index >= 15 is 0 Å². The van der Waals surface area contributed by atoms with Crippen molar-refractivity contribution < 1.29 is 0 Å². The molecule has 0 radical (unpaired) electrons. The van der Waals surface area contributed by atoms with Crippen LogP contribution in [0, 0.1) is 0 Å². The summed E-state index contributed by atoms with van der Waals surface area (Å²) in [4.78, 5) is 5.38. The highest BCUT2D eigenvalue weighted by Crippen LogP contribution is 2.21. The van der Waals surface area contributed by atoms with Crippen molar-refractivity contribution >= 4 is 0 Å². The van der Waals surface area contributed by atoms with Crippen molar-refractivity contribution in [2.75, 3.05) is 39.3 Å². The molecule has 2 unspecified atom stereocenters. The zero-order valence-electron chi connectivity index (χ0n) is 11.6. The molecule has 2 aliphatic rings. The molecule has 2 heterocycles. The molecule has 3 heteroatoms. The predicted octanol–water partition coefficient (Wildman–Crippen LogP) is 1.54. The second-order valence-corrected chi connectivity index (χ2v) is 5.73. The van der Waals surface area contributed by atoms with Gasteiger partial charge in [0.05, 0.1) is 0 Å². The summed E-state index contributed by atoms with van der Waals surface area (Å²) in [5.41, 5.74) is 0. The van der Waals surface area contributed by atoms with E-state index in [1.165, 1.54) is 58.4 Å². The minimum atomic E-state index is 0.688. The fourth-order valence-electron chi connectivity index (χ4n) is 3.33. The molecule has 2 rings (SSSR count). The van der Waals surface area contributed by atoms with Gasteiger partial charge in [0.2, 0.25) is 0 Å². The zero-order chi connectivity index (χ0) is 12.1. The first kappa shape index (κ1) is 13.3. The van der Waals surface area contributed by atoms with Crippen LogP contribution in [0.15, 0.2) is 0 Å². The van der Waals surface area contributed by atoms with Crippen LogP contribution in [0.2, 0.25) is 0 Å². The normalized spacial score (nSPS) is 28.2. The molecule has 2 aliphatic heterocycles. The molecule has 0 saturated carbocycles. The van der Waals surface area contributed by atoms with Crippen LogP contribution in [0.3, 0.4) is 0 Å². The summed E-state index contributed by atoms with van der Waals surface area (Å²) in [6.45, 7) is 12.2. The molecule has 0 aromatic heterocycles. The quantitative estimate of drug-likeness (QED) is 0.758. The molecule has 17 heavy (non-hydrogen) atoms. The van der Waals surface area contributed by atoms with Gasteiger partial charge in [0.15, 0.2) is 0 Å². The molecule has 0 amide bonds. The Kier molecular flexibility index (Phi) is 5.26. The number of fused-ring (bicyclic) bond motifs is 1. The van der Waals surface area contributed by atoms with Gasteiger partial charge in [0, 0.05) is 31.7 Å². The van der Waals surface area contributed by atoms with Gasteiger partial charge in [-0.15, -0.1) is 0 Å². The largest absolute Gasteiger partial charge is 0.315 e. The Morgan fingerprint density at radius 3 is 3.00 bits per heavy atom. The van der Waals surface area contributed by atoms with E-state index in [0.29, 0.717) is 6.04 Å². The molecule has 2 saturated heterocycles. The van der Waals surface area contributed by atoms with Crippen molar-refractivity contribution in [2.24, 2.45) is 0 Å². The zero-order valence-corrected chi connectivity index (χ0v) is 11.6. The van der Waals surface area contributed by atoms with E-state index in [2.05, 4.69) is 29.0 Å². The lowest BCUT2D eigenvalue weighted by Crippen LogP contribution is -2.50. The number of nitrogens with one attached hydrogen (secondary N) is 1. The third-order valence-electron chi connectivity index (χ3n) is 4.34. The summed E-state index contributed by atoms with van der Waals surface area (Å²) in [6.07, 6.45) is 5.53. The van der Waals surface area contributed by atoms with E-state index in [0.717, 1.165) is 12.6 Å². The van der Waals surface area contributed by atoms with Crippen molar-refractivity contribution in [1.82, 2.24) is 15.1 Å². The van der Waals surface area contributed by atoms with E-state index in [9.17, 15) is 0 Å². The lowest BCUT2D eigenvalue weighted by molar-refractivity contribution is 0.103. The molecule has 2 atom stereocenters. The topological polar surface area (TPSA) is 18.5 Å². The van der Waals surface area contributed by atoms with E-state index in [4.69, 9.17) is 0 Å². The maximum atomic E-state index is 3.49. The summed E-state index contributed by atoms with van der Waals surface area (Å²) >= 11 is 0. The molecule has 2 fully saturated rings. The van der Waals surface area contributed by atoms with Crippen LogP contribution >= 0.6 is 0 Å². The fraction of sp³-hybridized carbons (Fsp3) is 1.00. The SMILES string of the molecule is CCNC(C)CCCN1CCN2CCCC2C1. The first-order chi connectivity index (χ1) is 8.29. The molecule has 0 aromatic carbocycles. The number of rotatable bonds is 6. The monoisotopic (exact) mass is 239 g/mol. The van der Waals surface area contributed by atoms with Crippen molar-refractivity contribution in [1.29, 1.82) is 0 Å². The van der Waals surface area contributed by atoms with Crippen molar-refractivity contribution in [3.05, 3.63) is 0 Å². The molecule has 0 aliphatic carbocycles. The van der Waals surface area contributed by atoms with Crippen LogP contribution in [0.4, 0.5) is 0 Å². The molecule has 0 spiro atoms. The molecule has 0 aromatic rings. The van der Waals surface area contributed by atoms with Crippen molar-refractivity contribution in [2.45, 2.75) is 51.6 Å². The van der Waals surface area contributed by atoms with Gasteiger partial charge < -0.3 is 10.2 Å². The first-order valence-corrected chi connectivity index (χ1v) is 7.49. The second kappa shape index (κ2) is 6.72. The summed E-state index contributed by atoms with van der Waals surface area (Å²) in [5.74, 6) is 0. The Morgan fingerprint density at radius 2 is 2.18 bits per heavy atom. The predicted molar refractivity (Wildman–Crippen MR) is 73.4 cm³/mol. The minimum Gasteiger partial charge on any atom is -0.315 e. The second-order valence-electron chi connectivity index (χ2n) is 5.73. The Balaban J connectivity index is 1.60. The average molecular weight is 239 g/mol. The van der Waals surface area contributed by atoms with Crippen LogP contribution in [0.25, 0.3) is 0 Å². The van der Waals surface area contributed by atoms with E-state index < -0.39 is 0 Å². The standard InChI is InChI=1S/C14H29N3/c1-3-15-13(2)6-4-8-16-10-11-17-9-5-7-14(17)12-16/h13-15H,3-12H2,1-2H3. The maximum absolute atomic E-state index is 3.49. The highest BCUT2D eigenvalue weighted by Gasteiger charge is 2.29. The van der Waals surface area contributed by atoms with Crippen LogP contribution in [0.5, 0.6) is 0 Å². The lowest BCUT2D eigenvalue weighted by Gasteiger charge is -2.37. The summed E-state index contributed by atoms with van der Waals surface area (Å²) in [6, 6.07) is 1.57. The fourth-order valence-corrected chi connectivity index (χ4v) is 3.33. The highest BCUT2D eigenvalue weighted by atomic mass is 15.3. The number of hydrogen-bond donors (Lipinski definition) is 1. The summed E-state index contributed by atoms with van der Waals surface area (Å²) < 4.78 is 0. The van der Waals surface area contributed by atoms with Crippen molar-refractivity contribution in [3.63, 3.8) is 0 Å². The van der Waals surface area contributed by atoms with Gasteiger partial charge >= 0.3 is 0 Å². The van der Waals surface area contributed by atoms with Gasteiger partial charge in [-0.2, -0.15) is 0 Å². The van der Waals surface area contributed by atoms with Crippen LogP contribution in [-0.4, -0.2) is 61.2 Å². The number of nitrogens with zero attached hydrogens (tertiary/aromatic N) is 2. The third-order valence-corrected chi connectivity index (χ3v) is 4.34. The minimum absolute atomic E-state index is 0.688. The van der Waals surface area contributed by atoms with Gasteiger partial charge in [-0.05, 0) is 52.2 Å². The van der Waals surface area contributed by atoms with Crippen LogP contribution < -0.4 is 5.32 Å². The number of piperazine rings is 1. The Labute approximate surface area is 107 Å². The van der Waals surface area contributed by atoms with Crippen molar-refractivity contribution in [3.8, 4) is 0 Å². The summed E-state index contributed by atoms with van der Waals surface area (Å²) in [7, 11) is 0. The molecular formula is C14H29N3. The first-order valence-electron chi connectivity index (χ1n) is 7.49. The van der Waals surface area contributed by atoms with Gasteiger partial charge in [0.1, 0.15) is 0 Å². The van der Waals surface area contributed by atoms with Crippen LogP contribution in [0.1, 0.15) is 39.5 Å². The maximum Gasteiger partial charge on any atom is 0.0224 e. The Bertz CT molecular complexity index is 220. The highest BCUT2D eigenvalue weighted by molar-refractivity contribution is 4.86. The molecule has 3 nitrogen and oxygen atoms in total. The van der Waals surface area contributed by atoms with Gasteiger partial charge in [-0.3, -0.25) is 4.90 Å². The van der Waals surface area contributed by atoms with E-state index in [1.807, 2.05) is 0 Å². The third kappa shape index (κ3) is 3.94. The van der Waals surface area contributed by atoms with Gasteiger partial charge in [-0.1, -0.05) is 6.92 Å². The summed E-state index contributed by atoms with van der Waals surface area (Å²) in [5, 5.41) is 3.49. The Hall–Kier alpha value is -0.120. The Morgan fingerprint density at radius 1 is 1.29 bits per heavy atom. The molecule has 1 N–H and O–H groups in total. The van der Waals surface area contributed by atoms with E-state index in [1.54, 1.807) is 0 Å². The smallest absolute Gasteiger partial charge is 0.0224 e. The lowest BCUT2D eigenvalue weighted by atomic mass is 10.1. The molecule has 100 valence electrons. The molecule has 0 bridgehead atoms. The van der Waals surface area contributed by atoms with Gasteiger partial charge in [0.25, 0.3) is 0 Å². The number of hydrogen-bond acceptors (Lipinski definition) is 3. The van der Waals surface area contributed by atoms with Crippen LogP contribution in [-0.2, 0) is 0 Å². The molecular weight excluding hydrogens is 210 g/mol. The van der Waals surface area contributed by atoms with E-state index in [-0.39, 0.29) is 0 Å². The van der Waals surface area contributed by atoms with Gasteiger partial charge in [-0.25, -0.2) is 0 Å².